The molecule has 0 atom stereocenters. The highest BCUT2D eigenvalue weighted by Gasteiger charge is 2.51. The first-order valence-corrected chi connectivity index (χ1v) is 11.7. The number of hydrogen-bond acceptors (Lipinski definition) is 5. The van der Waals surface area contributed by atoms with Gasteiger partial charge in [0, 0.05) is 0 Å². The molecular weight excluding hydrogens is 417 g/mol. The van der Waals surface area contributed by atoms with Crippen molar-refractivity contribution in [3.8, 4) is 16.3 Å². The minimum Gasteiger partial charge on any atom is -0.488 e. The molecule has 0 unspecified atom stereocenters. The monoisotopic (exact) mass is 443 g/mol. The zero-order valence-electron chi connectivity index (χ0n) is 18.8. The molecule has 0 saturated carbocycles. The van der Waals surface area contributed by atoms with Gasteiger partial charge in [-0.25, -0.2) is 4.98 Å². The topological polar surface area (TPSA) is 40.6 Å². The van der Waals surface area contributed by atoms with Crippen LogP contribution in [0.3, 0.4) is 0 Å². The van der Waals surface area contributed by atoms with Gasteiger partial charge in [0.25, 0.3) is 0 Å². The second-order valence-electron chi connectivity index (χ2n) is 9.10. The predicted octanol–water partition coefficient (Wildman–Crippen LogP) is 5.84. The van der Waals surface area contributed by atoms with Crippen LogP contribution in [-0.2, 0) is 15.9 Å². The van der Waals surface area contributed by atoms with Gasteiger partial charge in [-0.2, -0.15) is 0 Å². The highest BCUT2D eigenvalue weighted by Crippen LogP contribution is 2.39. The van der Waals surface area contributed by atoms with Gasteiger partial charge < -0.3 is 14.0 Å². The maximum atomic E-state index is 6.29. The van der Waals surface area contributed by atoms with E-state index in [-0.39, 0.29) is 0 Å². The molecule has 32 heavy (non-hydrogen) atoms. The van der Waals surface area contributed by atoms with Crippen LogP contribution in [-0.4, -0.2) is 23.3 Å². The Hall–Kier alpha value is -2.67. The zero-order valence-corrected chi connectivity index (χ0v) is 19.6. The van der Waals surface area contributed by atoms with E-state index in [1.54, 1.807) is 11.3 Å². The molecule has 0 N–H and O–H groups in total. The van der Waals surface area contributed by atoms with Crippen molar-refractivity contribution < 1.29 is 14.0 Å². The van der Waals surface area contributed by atoms with E-state index in [0.29, 0.717) is 6.61 Å². The summed E-state index contributed by atoms with van der Waals surface area (Å²) in [7, 11) is -0.434. The molecule has 5 rings (SSSR count). The largest absolute Gasteiger partial charge is 0.494 e. The first-order chi connectivity index (χ1) is 15.3. The summed E-state index contributed by atoms with van der Waals surface area (Å²) in [6, 6.07) is 24.5. The molecule has 0 aliphatic carbocycles. The Bertz CT molecular complexity index is 1200. The van der Waals surface area contributed by atoms with Crippen LogP contribution in [0.5, 0.6) is 5.75 Å². The molecule has 1 aliphatic heterocycles. The van der Waals surface area contributed by atoms with Crippen molar-refractivity contribution in [1.29, 1.82) is 0 Å². The van der Waals surface area contributed by atoms with Crippen LogP contribution in [0.2, 0.25) is 0 Å². The maximum Gasteiger partial charge on any atom is 0.494 e. The average Bonchev–Trinajstić information content (AvgIpc) is 3.30. The molecule has 4 nitrogen and oxygen atoms in total. The highest BCUT2D eigenvalue weighted by atomic mass is 32.1. The van der Waals surface area contributed by atoms with Crippen molar-refractivity contribution in [2.75, 3.05) is 0 Å². The number of nitrogens with zero attached hydrogens (tertiary/aromatic N) is 1. The van der Waals surface area contributed by atoms with E-state index in [9.17, 15) is 0 Å². The van der Waals surface area contributed by atoms with Gasteiger partial charge in [-0.05, 0) is 63.0 Å². The van der Waals surface area contributed by atoms with E-state index in [4.69, 9.17) is 19.0 Å². The van der Waals surface area contributed by atoms with Gasteiger partial charge >= 0.3 is 7.12 Å². The quantitative estimate of drug-likeness (QED) is 0.364. The van der Waals surface area contributed by atoms with Crippen LogP contribution in [0, 0.1) is 0 Å². The lowest BCUT2D eigenvalue weighted by molar-refractivity contribution is 0.00578. The van der Waals surface area contributed by atoms with Gasteiger partial charge in [0.2, 0.25) is 0 Å². The van der Waals surface area contributed by atoms with Crippen LogP contribution in [0.1, 0.15) is 33.3 Å². The molecular formula is C26H26BNO3S. The number of ether oxygens (including phenoxy) is 1. The van der Waals surface area contributed by atoms with Crippen molar-refractivity contribution in [2.24, 2.45) is 0 Å². The van der Waals surface area contributed by atoms with Gasteiger partial charge in [0.05, 0.1) is 27.0 Å². The van der Waals surface area contributed by atoms with Gasteiger partial charge in [0.1, 0.15) is 17.4 Å². The third-order valence-electron chi connectivity index (χ3n) is 6.29. The normalized spacial score (nSPS) is 17.1. The summed E-state index contributed by atoms with van der Waals surface area (Å²) in [4.78, 5) is 4.88. The number of rotatable bonds is 5. The Morgan fingerprint density at radius 1 is 0.875 bits per heavy atom. The Labute approximate surface area is 193 Å². The molecule has 4 aromatic rings. The van der Waals surface area contributed by atoms with Crippen molar-refractivity contribution in [2.45, 2.75) is 45.5 Å². The second kappa shape index (κ2) is 8.03. The summed E-state index contributed by atoms with van der Waals surface area (Å²) in [5, 5.41) is 0.924. The van der Waals surface area contributed by atoms with E-state index in [0.717, 1.165) is 37.6 Å². The van der Waals surface area contributed by atoms with E-state index in [1.807, 2.05) is 48.5 Å². The maximum absolute atomic E-state index is 6.29. The molecule has 0 radical (unpaired) electrons. The SMILES string of the molecule is CC1(C)OB(c2ccc(OCc3ccccc3)c(-c3nc4ccccc4s3)c2)OC1(C)C. The fraction of sp³-hybridized carbons (Fsp3) is 0.269. The first kappa shape index (κ1) is 21.2. The number of aromatic nitrogens is 1. The van der Waals surface area contributed by atoms with Crippen LogP contribution < -0.4 is 10.2 Å². The summed E-state index contributed by atoms with van der Waals surface area (Å²) < 4.78 is 20.0. The number of hydrogen-bond donors (Lipinski definition) is 0. The molecule has 0 amide bonds. The van der Waals surface area contributed by atoms with Crippen molar-refractivity contribution in [3.05, 3.63) is 78.4 Å². The minimum atomic E-state index is -0.434. The molecule has 0 bridgehead atoms. The van der Waals surface area contributed by atoms with Gasteiger partial charge in [-0.3, -0.25) is 0 Å². The summed E-state index contributed by atoms with van der Waals surface area (Å²) in [5.74, 6) is 0.799. The summed E-state index contributed by atoms with van der Waals surface area (Å²) in [5.41, 5.74) is 3.24. The molecule has 0 spiro atoms. The van der Waals surface area contributed by atoms with Crippen LogP contribution >= 0.6 is 11.3 Å². The van der Waals surface area contributed by atoms with Crippen LogP contribution in [0.4, 0.5) is 0 Å². The van der Waals surface area contributed by atoms with Crippen LogP contribution in [0.25, 0.3) is 20.8 Å². The summed E-state index contributed by atoms with van der Waals surface area (Å²) in [6.45, 7) is 8.77. The van der Waals surface area contributed by atoms with Crippen molar-refractivity contribution in [3.63, 3.8) is 0 Å². The molecule has 1 aromatic heterocycles. The Kier molecular flexibility index (Phi) is 5.32. The lowest BCUT2D eigenvalue weighted by atomic mass is 9.78. The summed E-state index contributed by atoms with van der Waals surface area (Å²) in [6.07, 6.45) is 0. The van der Waals surface area contributed by atoms with E-state index < -0.39 is 18.3 Å². The molecule has 2 heterocycles. The van der Waals surface area contributed by atoms with Gasteiger partial charge in [0.15, 0.2) is 0 Å². The highest BCUT2D eigenvalue weighted by molar-refractivity contribution is 7.21. The number of benzene rings is 3. The Morgan fingerprint density at radius 3 is 2.28 bits per heavy atom. The van der Waals surface area contributed by atoms with E-state index in [2.05, 4.69) is 52.0 Å². The van der Waals surface area contributed by atoms with Gasteiger partial charge in [-0.1, -0.05) is 48.5 Å². The smallest absolute Gasteiger partial charge is 0.488 e. The summed E-state index contributed by atoms with van der Waals surface area (Å²) >= 11 is 1.66. The molecule has 1 fully saturated rings. The first-order valence-electron chi connectivity index (χ1n) is 10.8. The minimum absolute atomic E-state index is 0.393. The van der Waals surface area contributed by atoms with E-state index >= 15 is 0 Å². The van der Waals surface area contributed by atoms with Gasteiger partial charge in [-0.15, -0.1) is 11.3 Å². The number of fused-ring (bicyclic) bond motifs is 1. The molecule has 3 aromatic carbocycles. The third-order valence-corrected chi connectivity index (χ3v) is 7.36. The third kappa shape index (κ3) is 3.94. The molecule has 162 valence electrons. The Balaban J connectivity index is 1.53. The van der Waals surface area contributed by atoms with E-state index in [1.165, 1.54) is 0 Å². The van der Waals surface area contributed by atoms with Crippen molar-refractivity contribution in [1.82, 2.24) is 4.98 Å². The van der Waals surface area contributed by atoms with Crippen LogP contribution in [0.15, 0.2) is 72.8 Å². The average molecular weight is 443 g/mol. The molecule has 1 saturated heterocycles. The molecule has 1 aliphatic rings. The Morgan fingerprint density at radius 2 is 1.56 bits per heavy atom. The van der Waals surface area contributed by atoms with Crippen molar-refractivity contribution >= 4 is 34.1 Å². The standard InChI is InChI=1S/C26H26BNO3S/c1-25(2)26(3,4)31-27(30-25)19-14-15-22(29-17-18-10-6-5-7-11-18)20(16-19)24-28-21-12-8-9-13-23(21)32-24/h5-16H,17H2,1-4H3. The lowest BCUT2D eigenvalue weighted by Gasteiger charge is -2.32. The fourth-order valence-corrected chi connectivity index (χ4v) is 4.68. The molecule has 6 heteroatoms. The number of thiazole rings is 1. The zero-order chi connectivity index (χ0) is 22.3. The predicted molar refractivity (Wildman–Crippen MR) is 132 cm³/mol. The second-order valence-corrected chi connectivity index (χ2v) is 10.1. The fourth-order valence-electron chi connectivity index (χ4n) is 3.69. The lowest BCUT2D eigenvalue weighted by Crippen LogP contribution is -2.41. The number of para-hydroxylation sites is 1.